The standard InChI is InChI=1S/C17H10ClNO2/c1-19-13-5-2-9(18)8-12(13)10-3-4-11-14(20)6-7-15(21)16(11)17(10)19/h2-8H,1H3. The van der Waals surface area contributed by atoms with E-state index in [0.717, 1.165) is 21.8 Å². The summed E-state index contributed by atoms with van der Waals surface area (Å²) in [4.78, 5) is 24.2. The second-order valence-corrected chi connectivity index (χ2v) is 5.60. The van der Waals surface area contributed by atoms with Crippen LogP contribution in [0.15, 0.2) is 42.5 Å². The fourth-order valence-electron chi connectivity index (χ4n) is 3.07. The van der Waals surface area contributed by atoms with Crippen LogP contribution >= 0.6 is 11.6 Å². The number of nitrogens with zero attached hydrogens (tertiary/aromatic N) is 1. The van der Waals surface area contributed by atoms with Crippen LogP contribution in [0.25, 0.3) is 21.8 Å². The van der Waals surface area contributed by atoms with Gasteiger partial charge in [-0.05, 0) is 36.4 Å². The molecular weight excluding hydrogens is 286 g/mol. The van der Waals surface area contributed by atoms with Crippen LogP contribution in [-0.4, -0.2) is 16.1 Å². The first-order chi connectivity index (χ1) is 10.1. The number of carbonyl (C=O) groups excluding carboxylic acids is 2. The van der Waals surface area contributed by atoms with Gasteiger partial charge in [0.25, 0.3) is 0 Å². The van der Waals surface area contributed by atoms with Crippen molar-refractivity contribution in [3.63, 3.8) is 0 Å². The Kier molecular flexibility index (Phi) is 2.39. The van der Waals surface area contributed by atoms with Crippen LogP contribution < -0.4 is 0 Å². The molecule has 4 heteroatoms. The second-order valence-electron chi connectivity index (χ2n) is 5.17. The molecule has 0 N–H and O–H groups in total. The molecule has 0 atom stereocenters. The molecule has 2 aromatic carbocycles. The van der Waals surface area contributed by atoms with E-state index in [-0.39, 0.29) is 11.6 Å². The normalized spacial score (nSPS) is 14.2. The zero-order valence-electron chi connectivity index (χ0n) is 11.2. The van der Waals surface area contributed by atoms with Gasteiger partial charge in [-0.3, -0.25) is 9.59 Å². The molecule has 0 amide bonds. The first kappa shape index (κ1) is 12.4. The summed E-state index contributed by atoms with van der Waals surface area (Å²) in [6.07, 6.45) is 2.67. The van der Waals surface area contributed by atoms with Crippen LogP contribution in [0.3, 0.4) is 0 Å². The second kappa shape index (κ2) is 4.06. The number of hydrogen-bond acceptors (Lipinski definition) is 2. The molecule has 3 nitrogen and oxygen atoms in total. The van der Waals surface area contributed by atoms with Crippen molar-refractivity contribution in [2.45, 2.75) is 0 Å². The predicted molar refractivity (Wildman–Crippen MR) is 83.2 cm³/mol. The Morgan fingerprint density at radius 3 is 2.52 bits per heavy atom. The summed E-state index contributed by atoms with van der Waals surface area (Å²) in [6, 6.07) is 9.24. The number of benzene rings is 2. The third-order valence-corrected chi connectivity index (χ3v) is 4.26. The third kappa shape index (κ3) is 1.55. The summed E-state index contributed by atoms with van der Waals surface area (Å²) in [5.41, 5.74) is 2.71. The lowest BCUT2D eigenvalue weighted by Gasteiger charge is -2.11. The van der Waals surface area contributed by atoms with Crippen LogP contribution in [0.2, 0.25) is 5.02 Å². The monoisotopic (exact) mass is 295 g/mol. The van der Waals surface area contributed by atoms with Crippen LogP contribution in [0, 0.1) is 0 Å². The van der Waals surface area contributed by atoms with Crippen LogP contribution in [0.1, 0.15) is 20.7 Å². The lowest BCUT2D eigenvalue weighted by Crippen LogP contribution is -2.13. The highest BCUT2D eigenvalue weighted by molar-refractivity contribution is 6.32. The van der Waals surface area contributed by atoms with Gasteiger partial charge in [0.05, 0.1) is 11.1 Å². The van der Waals surface area contributed by atoms with Crippen LogP contribution in [-0.2, 0) is 7.05 Å². The Morgan fingerprint density at radius 2 is 1.71 bits per heavy atom. The minimum absolute atomic E-state index is 0.130. The van der Waals surface area contributed by atoms with Gasteiger partial charge in [-0.1, -0.05) is 17.7 Å². The molecule has 4 rings (SSSR count). The molecule has 0 radical (unpaired) electrons. The van der Waals surface area contributed by atoms with Crippen molar-refractivity contribution in [1.29, 1.82) is 0 Å². The average molecular weight is 296 g/mol. The van der Waals surface area contributed by atoms with Gasteiger partial charge in [0.1, 0.15) is 0 Å². The number of allylic oxidation sites excluding steroid dienone is 2. The Hall–Kier alpha value is -2.39. The minimum Gasteiger partial charge on any atom is -0.343 e. The first-order valence-corrected chi connectivity index (χ1v) is 6.93. The number of aromatic nitrogens is 1. The molecule has 1 heterocycles. The molecule has 0 unspecified atom stereocenters. The van der Waals surface area contributed by atoms with Gasteiger partial charge in [0.2, 0.25) is 0 Å². The van der Waals surface area contributed by atoms with Crippen molar-refractivity contribution < 1.29 is 9.59 Å². The first-order valence-electron chi connectivity index (χ1n) is 6.55. The van der Waals surface area contributed by atoms with E-state index in [1.165, 1.54) is 12.2 Å². The van der Waals surface area contributed by atoms with Crippen LogP contribution in [0.5, 0.6) is 0 Å². The minimum atomic E-state index is -0.132. The Bertz CT molecular complexity index is 995. The van der Waals surface area contributed by atoms with E-state index >= 15 is 0 Å². The zero-order chi connectivity index (χ0) is 14.7. The SMILES string of the molecule is Cn1c2ccc(Cl)cc2c2ccc3c(c21)C(=O)C=CC3=O. The molecule has 0 saturated carbocycles. The number of aryl methyl sites for hydroxylation is 1. The molecule has 21 heavy (non-hydrogen) atoms. The van der Waals surface area contributed by atoms with E-state index < -0.39 is 0 Å². The summed E-state index contributed by atoms with van der Waals surface area (Å²) in [5, 5.41) is 2.57. The van der Waals surface area contributed by atoms with Gasteiger partial charge in [-0.2, -0.15) is 0 Å². The summed E-state index contributed by atoms with van der Waals surface area (Å²) in [5.74, 6) is -0.262. The average Bonchev–Trinajstić information content (AvgIpc) is 2.76. The van der Waals surface area contributed by atoms with Crippen molar-refractivity contribution in [3.8, 4) is 0 Å². The molecule has 0 aliphatic heterocycles. The van der Waals surface area contributed by atoms with E-state index in [2.05, 4.69) is 0 Å². The number of hydrogen-bond donors (Lipinski definition) is 0. The van der Waals surface area contributed by atoms with E-state index in [1.54, 1.807) is 6.07 Å². The van der Waals surface area contributed by atoms with E-state index in [9.17, 15) is 9.59 Å². The summed E-state index contributed by atoms with van der Waals surface area (Å²) in [6.45, 7) is 0. The Balaban J connectivity index is 2.27. The maximum Gasteiger partial charge on any atom is 0.188 e. The fourth-order valence-corrected chi connectivity index (χ4v) is 3.25. The van der Waals surface area contributed by atoms with E-state index in [4.69, 9.17) is 11.6 Å². The van der Waals surface area contributed by atoms with Crippen molar-refractivity contribution in [3.05, 3.63) is 58.6 Å². The lowest BCUT2D eigenvalue weighted by molar-refractivity contribution is 0.0995. The zero-order valence-corrected chi connectivity index (χ0v) is 11.9. The smallest absolute Gasteiger partial charge is 0.188 e. The molecule has 0 saturated heterocycles. The number of halogens is 1. The van der Waals surface area contributed by atoms with Gasteiger partial charge in [0.15, 0.2) is 11.6 Å². The largest absolute Gasteiger partial charge is 0.343 e. The van der Waals surface area contributed by atoms with E-state index in [0.29, 0.717) is 16.1 Å². The lowest BCUT2D eigenvalue weighted by atomic mass is 9.92. The summed E-state index contributed by atoms with van der Waals surface area (Å²) in [7, 11) is 1.90. The molecule has 0 bridgehead atoms. The van der Waals surface area contributed by atoms with Crippen molar-refractivity contribution in [2.24, 2.45) is 7.05 Å². The van der Waals surface area contributed by atoms with Gasteiger partial charge in [-0.15, -0.1) is 0 Å². The number of ketones is 2. The number of rotatable bonds is 0. The molecule has 0 fully saturated rings. The molecule has 0 spiro atoms. The molecule has 1 aliphatic rings. The van der Waals surface area contributed by atoms with E-state index in [1.807, 2.05) is 35.9 Å². The van der Waals surface area contributed by atoms with Gasteiger partial charge >= 0.3 is 0 Å². The molecule has 3 aromatic rings. The number of carbonyl (C=O) groups is 2. The van der Waals surface area contributed by atoms with Gasteiger partial charge in [0, 0.05) is 33.9 Å². The maximum absolute atomic E-state index is 12.3. The highest BCUT2D eigenvalue weighted by Crippen LogP contribution is 2.35. The predicted octanol–water partition coefficient (Wildman–Crippen LogP) is 3.92. The highest BCUT2D eigenvalue weighted by atomic mass is 35.5. The molecule has 102 valence electrons. The van der Waals surface area contributed by atoms with Gasteiger partial charge in [-0.25, -0.2) is 0 Å². The topological polar surface area (TPSA) is 39.1 Å². The Labute approximate surface area is 125 Å². The van der Waals surface area contributed by atoms with Gasteiger partial charge < -0.3 is 4.57 Å². The summed E-state index contributed by atoms with van der Waals surface area (Å²) < 4.78 is 1.95. The van der Waals surface area contributed by atoms with Crippen molar-refractivity contribution >= 4 is 45.0 Å². The molecular formula is C17H10ClNO2. The third-order valence-electron chi connectivity index (χ3n) is 4.02. The Morgan fingerprint density at radius 1 is 0.952 bits per heavy atom. The molecule has 1 aromatic heterocycles. The number of fused-ring (bicyclic) bond motifs is 5. The van der Waals surface area contributed by atoms with Crippen molar-refractivity contribution in [2.75, 3.05) is 0 Å². The van der Waals surface area contributed by atoms with Crippen LogP contribution in [0.4, 0.5) is 0 Å². The van der Waals surface area contributed by atoms with Crippen molar-refractivity contribution in [1.82, 2.24) is 4.57 Å². The quantitative estimate of drug-likeness (QED) is 0.630. The maximum atomic E-state index is 12.3. The fraction of sp³-hybridized carbons (Fsp3) is 0.0588. The molecule has 1 aliphatic carbocycles. The summed E-state index contributed by atoms with van der Waals surface area (Å²) >= 11 is 6.08. The highest BCUT2D eigenvalue weighted by Gasteiger charge is 2.24.